The van der Waals surface area contributed by atoms with Crippen LogP contribution in [0.1, 0.15) is 23.2 Å². The van der Waals surface area contributed by atoms with E-state index in [-0.39, 0.29) is 11.8 Å². The van der Waals surface area contributed by atoms with E-state index in [1.807, 2.05) is 12.1 Å². The summed E-state index contributed by atoms with van der Waals surface area (Å²) in [6, 6.07) is 11.8. The molecule has 2 amide bonds. The molecule has 0 aliphatic carbocycles. The Labute approximate surface area is 194 Å². The molecule has 0 spiro atoms. The van der Waals surface area contributed by atoms with Gasteiger partial charge in [0.2, 0.25) is 11.0 Å². The number of hydrogen-bond acceptors (Lipinski definition) is 7. The van der Waals surface area contributed by atoms with Gasteiger partial charge in [0.1, 0.15) is 28.1 Å². The smallest absolute Gasteiger partial charge is 0.262 e. The summed E-state index contributed by atoms with van der Waals surface area (Å²) < 4.78 is 10.7. The van der Waals surface area contributed by atoms with Gasteiger partial charge in [0.05, 0.1) is 14.2 Å². The molecule has 32 heavy (non-hydrogen) atoms. The number of ether oxygens (including phenoxy) is 2. The SMILES string of the molecule is COc1cccc(OC)c1C(=O)N1CCCC1C(=O)Nc1nnc(-c2cccc(Cl)c2)s1. The highest BCUT2D eigenvalue weighted by molar-refractivity contribution is 7.18. The molecule has 8 nitrogen and oxygen atoms in total. The maximum atomic E-state index is 13.3. The minimum Gasteiger partial charge on any atom is -0.496 e. The van der Waals surface area contributed by atoms with Gasteiger partial charge in [-0.05, 0) is 37.1 Å². The van der Waals surface area contributed by atoms with Crippen LogP contribution in [0, 0.1) is 0 Å². The van der Waals surface area contributed by atoms with Crippen LogP contribution in [0.2, 0.25) is 5.02 Å². The molecule has 1 aromatic heterocycles. The third-order valence-electron chi connectivity index (χ3n) is 5.18. The molecule has 2 heterocycles. The van der Waals surface area contributed by atoms with Gasteiger partial charge in [-0.15, -0.1) is 10.2 Å². The van der Waals surface area contributed by atoms with E-state index < -0.39 is 6.04 Å². The van der Waals surface area contributed by atoms with Gasteiger partial charge in [0, 0.05) is 17.1 Å². The lowest BCUT2D eigenvalue weighted by molar-refractivity contribution is -0.119. The first-order chi connectivity index (χ1) is 15.5. The van der Waals surface area contributed by atoms with Gasteiger partial charge in [0.25, 0.3) is 5.91 Å². The first kappa shape index (κ1) is 22.0. The summed E-state index contributed by atoms with van der Waals surface area (Å²) in [7, 11) is 2.99. The second-order valence-electron chi connectivity index (χ2n) is 7.11. The monoisotopic (exact) mass is 472 g/mol. The fraction of sp³-hybridized carbons (Fsp3) is 0.273. The molecule has 1 aliphatic heterocycles. The number of halogens is 1. The topological polar surface area (TPSA) is 93.7 Å². The van der Waals surface area contributed by atoms with E-state index >= 15 is 0 Å². The molecule has 10 heteroatoms. The number of benzene rings is 2. The molecule has 166 valence electrons. The average molecular weight is 473 g/mol. The Balaban J connectivity index is 1.52. The Morgan fingerprint density at radius 1 is 1.12 bits per heavy atom. The minimum atomic E-state index is -0.629. The van der Waals surface area contributed by atoms with Crippen LogP contribution in [-0.2, 0) is 4.79 Å². The Morgan fingerprint density at radius 3 is 2.53 bits per heavy atom. The number of methoxy groups -OCH3 is 2. The van der Waals surface area contributed by atoms with Gasteiger partial charge >= 0.3 is 0 Å². The molecule has 2 aromatic carbocycles. The summed E-state index contributed by atoms with van der Waals surface area (Å²) in [6.45, 7) is 0.460. The number of nitrogens with zero attached hydrogens (tertiary/aromatic N) is 3. The Kier molecular flexibility index (Phi) is 6.57. The van der Waals surface area contributed by atoms with E-state index in [4.69, 9.17) is 21.1 Å². The predicted molar refractivity (Wildman–Crippen MR) is 123 cm³/mol. The lowest BCUT2D eigenvalue weighted by Crippen LogP contribution is -2.43. The number of carbonyl (C=O) groups is 2. The molecular weight excluding hydrogens is 452 g/mol. The summed E-state index contributed by atoms with van der Waals surface area (Å²) in [6.07, 6.45) is 1.26. The van der Waals surface area contributed by atoms with Crippen LogP contribution in [0.5, 0.6) is 11.5 Å². The van der Waals surface area contributed by atoms with Gasteiger partial charge in [-0.3, -0.25) is 14.9 Å². The van der Waals surface area contributed by atoms with E-state index in [2.05, 4.69) is 15.5 Å². The number of hydrogen-bond donors (Lipinski definition) is 1. The van der Waals surface area contributed by atoms with Crippen molar-refractivity contribution in [2.24, 2.45) is 0 Å². The van der Waals surface area contributed by atoms with Gasteiger partial charge in [-0.1, -0.05) is 41.1 Å². The summed E-state index contributed by atoms with van der Waals surface area (Å²) >= 11 is 7.29. The first-order valence-corrected chi connectivity index (χ1v) is 11.1. The van der Waals surface area contributed by atoms with Crippen LogP contribution in [0.4, 0.5) is 5.13 Å². The zero-order valence-electron chi connectivity index (χ0n) is 17.5. The zero-order valence-corrected chi connectivity index (χ0v) is 19.1. The zero-order chi connectivity index (χ0) is 22.7. The quantitative estimate of drug-likeness (QED) is 0.580. The standard InChI is InChI=1S/C22H21ClN4O4S/c1-30-16-9-4-10-17(31-2)18(16)21(29)27-11-5-8-15(27)19(28)24-22-26-25-20(32-22)13-6-3-7-14(23)12-13/h3-4,6-7,9-10,12,15H,5,8,11H2,1-2H3,(H,24,26,28). The average Bonchev–Trinajstić information content (AvgIpc) is 3.48. The van der Waals surface area contributed by atoms with Crippen LogP contribution in [0.25, 0.3) is 10.6 Å². The summed E-state index contributed by atoms with van der Waals surface area (Å²) in [5.74, 6) is 0.179. The van der Waals surface area contributed by atoms with E-state index in [0.717, 1.165) is 5.56 Å². The fourth-order valence-corrected chi connectivity index (χ4v) is 4.62. The van der Waals surface area contributed by atoms with Crippen molar-refractivity contribution in [3.05, 3.63) is 53.1 Å². The Bertz CT molecular complexity index is 1130. The fourth-order valence-electron chi connectivity index (χ4n) is 3.69. The van der Waals surface area contributed by atoms with Crippen molar-refractivity contribution < 1.29 is 19.1 Å². The largest absolute Gasteiger partial charge is 0.496 e. The molecule has 4 rings (SSSR count). The lowest BCUT2D eigenvalue weighted by atomic mass is 10.1. The van der Waals surface area contributed by atoms with Gasteiger partial charge in [-0.25, -0.2) is 0 Å². The maximum Gasteiger partial charge on any atom is 0.262 e. The van der Waals surface area contributed by atoms with Crippen molar-refractivity contribution in [1.82, 2.24) is 15.1 Å². The number of nitrogens with one attached hydrogen (secondary N) is 1. The number of carbonyl (C=O) groups excluding carboxylic acids is 2. The van der Waals surface area contributed by atoms with Crippen molar-refractivity contribution in [3.63, 3.8) is 0 Å². The van der Waals surface area contributed by atoms with E-state index in [0.29, 0.717) is 51.6 Å². The number of aromatic nitrogens is 2. The molecule has 1 fully saturated rings. The van der Waals surface area contributed by atoms with Crippen LogP contribution in [0.3, 0.4) is 0 Å². The molecule has 1 N–H and O–H groups in total. The number of rotatable bonds is 6. The van der Waals surface area contributed by atoms with E-state index in [1.165, 1.54) is 25.6 Å². The molecule has 3 aromatic rings. The first-order valence-electron chi connectivity index (χ1n) is 9.94. The van der Waals surface area contributed by atoms with Crippen LogP contribution in [-0.4, -0.2) is 53.7 Å². The Hall–Kier alpha value is -3.17. The summed E-state index contributed by atoms with van der Waals surface area (Å²) in [5.41, 5.74) is 1.12. The maximum absolute atomic E-state index is 13.3. The van der Waals surface area contributed by atoms with Gasteiger partial charge < -0.3 is 14.4 Å². The predicted octanol–water partition coefficient (Wildman–Crippen LogP) is 4.12. The molecule has 0 saturated carbocycles. The van der Waals surface area contributed by atoms with Crippen molar-refractivity contribution in [2.45, 2.75) is 18.9 Å². The molecular formula is C22H21ClN4O4S. The highest BCUT2D eigenvalue weighted by Crippen LogP contribution is 2.33. The normalized spacial score (nSPS) is 15.5. The minimum absolute atomic E-state index is 0.302. The molecule has 1 atom stereocenters. The third kappa shape index (κ3) is 4.39. The number of anilines is 1. The molecule has 0 radical (unpaired) electrons. The summed E-state index contributed by atoms with van der Waals surface area (Å²) in [4.78, 5) is 27.9. The molecule has 0 bridgehead atoms. The highest BCUT2D eigenvalue weighted by atomic mass is 35.5. The third-order valence-corrected chi connectivity index (χ3v) is 6.31. The van der Waals surface area contributed by atoms with Gasteiger partial charge in [-0.2, -0.15) is 0 Å². The number of amides is 2. The van der Waals surface area contributed by atoms with Crippen molar-refractivity contribution in [3.8, 4) is 22.1 Å². The molecule has 1 unspecified atom stereocenters. The van der Waals surface area contributed by atoms with Gasteiger partial charge in [0.15, 0.2) is 0 Å². The van der Waals surface area contributed by atoms with Crippen LogP contribution in [0.15, 0.2) is 42.5 Å². The van der Waals surface area contributed by atoms with Crippen molar-refractivity contribution in [1.29, 1.82) is 0 Å². The summed E-state index contributed by atoms with van der Waals surface area (Å²) in [5, 5.41) is 12.6. The number of likely N-dealkylation sites (tertiary alicyclic amines) is 1. The van der Waals surface area contributed by atoms with Crippen molar-refractivity contribution >= 4 is 39.9 Å². The highest BCUT2D eigenvalue weighted by Gasteiger charge is 2.37. The lowest BCUT2D eigenvalue weighted by Gasteiger charge is -2.25. The molecule has 1 aliphatic rings. The van der Waals surface area contributed by atoms with E-state index in [1.54, 1.807) is 35.2 Å². The second kappa shape index (κ2) is 9.54. The van der Waals surface area contributed by atoms with Crippen LogP contribution < -0.4 is 14.8 Å². The second-order valence-corrected chi connectivity index (χ2v) is 8.52. The molecule has 1 saturated heterocycles. The van der Waals surface area contributed by atoms with Crippen molar-refractivity contribution in [2.75, 3.05) is 26.1 Å². The van der Waals surface area contributed by atoms with Crippen LogP contribution >= 0.6 is 22.9 Å². The van der Waals surface area contributed by atoms with E-state index in [9.17, 15) is 9.59 Å². The Morgan fingerprint density at radius 2 is 1.84 bits per heavy atom.